The fourth-order valence-electron chi connectivity index (χ4n) is 2.92. The van der Waals surface area contributed by atoms with E-state index in [4.69, 9.17) is 4.74 Å². The molecule has 0 aliphatic heterocycles. The molecule has 0 saturated carbocycles. The molecule has 2 aromatic heterocycles. The van der Waals surface area contributed by atoms with E-state index in [0.29, 0.717) is 23.1 Å². The second kappa shape index (κ2) is 7.19. The zero-order chi connectivity index (χ0) is 17.8. The fourth-order valence-corrected chi connectivity index (χ4v) is 2.92. The molecule has 0 aliphatic rings. The normalized spacial score (nSPS) is 12.0. The Morgan fingerprint density at radius 3 is 2.46 bits per heavy atom. The van der Waals surface area contributed by atoms with Crippen molar-refractivity contribution in [2.24, 2.45) is 0 Å². The number of aromatic nitrogens is 3. The van der Waals surface area contributed by atoms with Crippen molar-refractivity contribution in [3.8, 4) is 0 Å². The van der Waals surface area contributed by atoms with E-state index < -0.39 is 5.97 Å². The minimum atomic E-state index is -0.440. The number of fused-ring (bicyclic) bond motifs is 1. The summed E-state index contributed by atoms with van der Waals surface area (Å²) in [6, 6.07) is 23.3. The molecule has 1 unspecified atom stereocenters. The van der Waals surface area contributed by atoms with Crippen molar-refractivity contribution in [2.75, 3.05) is 0 Å². The molecule has 2 aromatic carbocycles. The highest BCUT2D eigenvalue weighted by atomic mass is 16.5. The van der Waals surface area contributed by atoms with Crippen molar-refractivity contribution in [3.05, 3.63) is 95.8 Å². The average Bonchev–Trinajstić information content (AvgIpc) is 3.13. The van der Waals surface area contributed by atoms with Gasteiger partial charge in [0.05, 0.1) is 5.39 Å². The van der Waals surface area contributed by atoms with E-state index in [9.17, 15) is 4.79 Å². The van der Waals surface area contributed by atoms with Crippen LogP contribution in [0.25, 0.3) is 11.0 Å². The van der Waals surface area contributed by atoms with Gasteiger partial charge in [-0.1, -0.05) is 60.7 Å². The number of carbonyl (C=O) groups is 1. The third-order valence-corrected chi connectivity index (χ3v) is 4.22. The maximum absolute atomic E-state index is 12.8. The number of H-pyrrole nitrogens is 1. The third-order valence-electron chi connectivity index (χ3n) is 4.22. The van der Waals surface area contributed by atoms with Crippen LogP contribution in [0.2, 0.25) is 0 Å². The van der Waals surface area contributed by atoms with Crippen LogP contribution in [-0.2, 0) is 11.2 Å². The number of nitrogens with zero attached hydrogens (tertiary/aromatic N) is 2. The number of aromatic amines is 1. The molecule has 5 nitrogen and oxygen atoms in total. The average molecular weight is 343 g/mol. The Balaban J connectivity index is 1.63. The first-order chi connectivity index (χ1) is 12.8. The van der Waals surface area contributed by atoms with Gasteiger partial charge in [0.2, 0.25) is 0 Å². The molecule has 4 aromatic rings. The number of ether oxygens (including phenoxy) is 1. The maximum Gasteiger partial charge on any atom is 0.357 e. The lowest BCUT2D eigenvalue weighted by Crippen LogP contribution is -2.14. The summed E-state index contributed by atoms with van der Waals surface area (Å²) in [7, 11) is 0. The van der Waals surface area contributed by atoms with Crippen molar-refractivity contribution in [1.82, 2.24) is 15.2 Å². The van der Waals surface area contributed by atoms with Crippen LogP contribution in [0, 0.1) is 0 Å². The van der Waals surface area contributed by atoms with Crippen LogP contribution in [0.5, 0.6) is 0 Å². The van der Waals surface area contributed by atoms with Gasteiger partial charge in [0.25, 0.3) is 0 Å². The first kappa shape index (κ1) is 16.0. The molecule has 0 spiro atoms. The molecule has 0 bridgehead atoms. The summed E-state index contributed by atoms with van der Waals surface area (Å²) in [4.78, 5) is 16.9. The number of hydrogen-bond donors (Lipinski definition) is 1. The van der Waals surface area contributed by atoms with Gasteiger partial charge >= 0.3 is 5.97 Å². The number of benzene rings is 2. The van der Waals surface area contributed by atoms with E-state index >= 15 is 0 Å². The van der Waals surface area contributed by atoms with Crippen LogP contribution in [-0.4, -0.2) is 21.2 Å². The molecule has 1 N–H and O–H groups in total. The molecule has 5 heteroatoms. The van der Waals surface area contributed by atoms with Crippen LogP contribution in [0.3, 0.4) is 0 Å². The van der Waals surface area contributed by atoms with Crippen LogP contribution < -0.4 is 0 Å². The summed E-state index contributed by atoms with van der Waals surface area (Å²) in [6.07, 6.45) is 1.85. The second-order valence-corrected chi connectivity index (χ2v) is 5.97. The van der Waals surface area contributed by atoms with Gasteiger partial charge in [0.15, 0.2) is 11.3 Å². The first-order valence-corrected chi connectivity index (χ1v) is 8.40. The van der Waals surface area contributed by atoms with E-state index in [-0.39, 0.29) is 6.10 Å². The van der Waals surface area contributed by atoms with Crippen molar-refractivity contribution in [2.45, 2.75) is 12.5 Å². The topological polar surface area (TPSA) is 67.9 Å². The quantitative estimate of drug-likeness (QED) is 0.554. The van der Waals surface area contributed by atoms with Crippen LogP contribution in [0.4, 0.5) is 0 Å². The molecule has 0 saturated heterocycles. The van der Waals surface area contributed by atoms with Crippen molar-refractivity contribution >= 4 is 17.0 Å². The first-order valence-electron chi connectivity index (χ1n) is 8.40. The lowest BCUT2D eigenvalue weighted by molar-refractivity contribution is 0.0293. The van der Waals surface area contributed by atoms with E-state index in [1.54, 1.807) is 18.3 Å². The number of carbonyl (C=O) groups excluding carboxylic acids is 1. The number of pyridine rings is 1. The minimum Gasteiger partial charge on any atom is -0.452 e. The molecular formula is C21H17N3O2. The van der Waals surface area contributed by atoms with Gasteiger partial charge in [0, 0.05) is 12.6 Å². The summed E-state index contributed by atoms with van der Waals surface area (Å²) in [6.45, 7) is 0. The second-order valence-electron chi connectivity index (χ2n) is 5.97. The zero-order valence-corrected chi connectivity index (χ0v) is 14.0. The highest BCUT2D eigenvalue weighted by molar-refractivity contribution is 6.00. The summed E-state index contributed by atoms with van der Waals surface area (Å²) < 4.78 is 5.86. The van der Waals surface area contributed by atoms with Gasteiger partial charge in [-0.15, -0.1) is 0 Å². The Bertz CT molecular complexity index is 1010. The predicted octanol–water partition coefficient (Wildman–Crippen LogP) is 4.10. The monoisotopic (exact) mass is 343 g/mol. The molecule has 1 atom stereocenters. The van der Waals surface area contributed by atoms with Crippen molar-refractivity contribution in [3.63, 3.8) is 0 Å². The van der Waals surface area contributed by atoms with Gasteiger partial charge in [-0.25, -0.2) is 9.78 Å². The molecular weight excluding hydrogens is 326 g/mol. The number of nitrogens with one attached hydrogen (secondary N) is 1. The molecule has 2 heterocycles. The van der Waals surface area contributed by atoms with E-state index in [0.717, 1.165) is 11.1 Å². The van der Waals surface area contributed by atoms with Crippen LogP contribution in [0.15, 0.2) is 79.0 Å². The molecule has 0 fully saturated rings. The zero-order valence-electron chi connectivity index (χ0n) is 14.0. The smallest absolute Gasteiger partial charge is 0.357 e. The van der Waals surface area contributed by atoms with Crippen molar-refractivity contribution in [1.29, 1.82) is 0 Å². The summed E-state index contributed by atoms with van der Waals surface area (Å²) in [5.74, 6) is -0.440. The molecule has 0 amide bonds. The Hall–Kier alpha value is -3.47. The highest BCUT2D eigenvalue weighted by Crippen LogP contribution is 2.25. The summed E-state index contributed by atoms with van der Waals surface area (Å²) >= 11 is 0. The Kier molecular flexibility index (Phi) is 4.43. The lowest BCUT2D eigenvalue weighted by Gasteiger charge is -2.18. The number of esters is 1. The van der Waals surface area contributed by atoms with Gasteiger partial charge in [-0.05, 0) is 23.3 Å². The lowest BCUT2D eigenvalue weighted by atomic mass is 10.0. The third kappa shape index (κ3) is 3.32. The van der Waals surface area contributed by atoms with E-state index in [1.807, 2.05) is 60.7 Å². The summed E-state index contributed by atoms with van der Waals surface area (Å²) in [5, 5.41) is 7.47. The van der Waals surface area contributed by atoms with Gasteiger partial charge in [-0.3, -0.25) is 5.10 Å². The van der Waals surface area contributed by atoms with E-state index in [2.05, 4.69) is 15.2 Å². The van der Waals surface area contributed by atoms with Crippen molar-refractivity contribution < 1.29 is 9.53 Å². The fraction of sp³-hybridized carbons (Fsp3) is 0.0952. The van der Waals surface area contributed by atoms with Gasteiger partial charge in [0.1, 0.15) is 6.10 Å². The Morgan fingerprint density at radius 2 is 1.69 bits per heavy atom. The van der Waals surface area contributed by atoms with Crippen LogP contribution >= 0.6 is 0 Å². The van der Waals surface area contributed by atoms with E-state index in [1.165, 1.54) is 0 Å². The largest absolute Gasteiger partial charge is 0.452 e. The number of rotatable bonds is 5. The molecule has 128 valence electrons. The maximum atomic E-state index is 12.8. The minimum absolute atomic E-state index is 0.321. The molecule has 4 rings (SSSR count). The predicted molar refractivity (Wildman–Crippen MR) is 98.6 cm³/mol. The Morgan fingerprint density at radius 1 is 0.962 bits per heavy atom. The van der Waals surface area contributed by atoms with Crippen LogP contribution in [0.1, 0.15) is 27.7 Å². The molecule has 0 aliphatic carbocycles. The van der Waals surface area contributed by atoms with Gasteiger partial charge in [-0.2, -0.15) is 5.10 Å². The molecule has 26 heavy (non-hydrogen) atoms. The van der Waals surface area contributed by atoms with Gasteiger partial charge < -0.3 is 4.74 Å². The SMILES string of the molecule is O=C(OC(Cc1ccccc1)c1ccccc1)c1[nH]nc2ncccc12. The standard InChI is InChI=1S/C21H17N3O2/c25-21(19-17-12-7-13-22-20(17)24-23-19)26-18(16-10-5-2-6-11-16)14-15-8-3-1-4-9-15/h1-13,18H,14H2,(H,22,23,24). The molecule has 0 radical (unpaired) electrons. The number of hydrogen-bond acceptors (Lipinski definition) is 4. The highest BCUT2D eigenvalue weighted by Gasteiger charge is 2.22. The Labute approximate surface area is 150 Å². The summed E-state index contributed by atoms with van der Waals surface area (Å²) in [5.41, 5.74) is 2.87.